The number of nitrogens with zero attached hydrogens (tertiary/aromatic N) is 1. The lowest BCUT2D eigenvalue weighted by Crippen LogP contribution is -2.21. The van der Waals surface area contributed by atoms with Gasteiger partial charge in [0.1, 0.15) is 5.75 Å². The lowest BCUT2D eigenvalue weighted by molar-refractivity contribution is 0.459. The zero-order valence-electron chi connectivity index (χ0n) is 11.4. The molecular formula is C15H24N2O. The SMILES string of the molecule is C=CCC[C@@H](N)c1ccc(N(CC)CC)cc1O. The summed E-state index contributed by atoms with van der Waals surface area (Å²) in [4.78, 5) is 2.19. The molecule has 0 aliphatic rings. The number of benzene rings is 1. The van der Waals surface area contributed by atoms with Crippen LogP contribution in [0.5, 0.6) is 5.75 Å². The Hall–Kier alpha value is -1.48. The van der Waals surface area contributed by atoms with Gasteiger partial charge in [-0.1, -0.05) is 12.1 Å². The van der Waals surface area contributed by atoms with Crippen LogP contribution in [0.25, 0.3) is 0 Å². The fourth-order valence-corrected chi connectivity index (χ4v) is 2.08. The van der Waals surface area contributed by atoms with Crippen LogP contribution in [-0.4, -0.2) is 18.2 Å². The third-order valence-electron chi connectivity index (χ3n) is 3.22. The van der Waals surface area contributed by atoms with Gasteiger partial charge in [-0.2, -0.15) is 0 Å². The Kier molecular flexibility index (Phi) is 5.72. The van der Waals surface area contributed by atoms with Crippen LogP contribution in [0, 0.1) is 0 Å². The van der Waals surface area contributed by atoms with Crippen molar-refractivity contribution in [3.8, 4) is 5.75 Å². The molecule has 0 fully saturated rings. The van der Waals surface area contributed by atoms with E-state index in [1.54, 1.807) is 6.07 Å². The van der Waals surface area contributed by atoms with Gasteiger partial charge >= 0.3 is 0 Å². The molecule has 0 aliphatic carbocycles. The quantitative estimate of drug-likeness (QED) is 0.728. The largest absolute Gasteiger partial charge is 0.508 e. The highest BCUT2D eigenvalue weighted by Gasteiger charge is 2.12. The summed E-state index contributed by atoms with van der Waals surface area (Å²) in [6, 6.07) is 5.62. The minimum Gasteiger partial charge on any atom is -0.508 e. The van der Waals surface area contributed by atoms with E-state index in [4.69, 9.17) is 5.73 Å². The Balaban J connectivity index is 2.88. The highest BCUT2D eigenvalue weighted by molar-refractivity contribution is 5.54. The van der Waals surface area contributed by atoms with Crippen molar-refractivity contribution in [3.63, 3.8) is 0 Å². The highest BCUT2D eigenvalue weighted by Crippen LogP contribution is 2.30. The molecule has 3 nitrogen and oxygen atoms in total. The van der Waals surface area contributed by atoms with Gasteiger partial charge in [0, 0.05) is 36.4 Å². The van der Waals surface area contributed by atoms with Crippen LogP contribution >= 0.6 is 0 Å². The minimum atomic E-state index is -0.131. The molecule has 0 spiro atoms. The van der Waals surface area contributed by atoms with Crippen LogP contribution in [0.4, 0.5) is 5.69 Å². The van der Waals surface area contributed by atoms with Gasteiger partial charge in [-0.15, -0.1) is 6.58 Å². The Morgan fingerprint density at radius 1 is 1.39 bits per heavy atom. The van der Waals surface area contributed by atoms with Gasteiger partial charge in [-0.3, -0.25) is 0 Å². The number of hydrogen-bond acceptors (Lipinski definition) is 3. The van der Waals surface area contributed by atoms with Gasteiger partial charge in [0.25, 0.3) is 0 Å². The molecule has 100 valence electrons. The van der Waals surface area contributed by atoms with Gasteiger partial charge in [-0.05, 0) is 32.8 Å². The molecule has 1 rings (SSSR count). The molecule has 1 aromatic rings. The van der Waals surface area contributed by atoms with Crippen molar-refractivity contribution >= 4 is 5.69 Å². The van der Waals surface area contributed by atoms with Crippen LogP contribution in [-0.2, 0) is 0 Å². The third kappa shape index (κ3) is 3.50. The summed E-state index contributed by atoms with van der Waals surface area (Å²) in [7, 11) is 0. The standard InChI is InChI=1S/C15H24N2O/c1-4-7-8-14(16)13-10-9-12(11-15(13)18)17(5-2)6-3/h4,9-11,14,18H,1,5-8,16H2,2-3H3/t14-/m1/s1. The number of nitrogens with two attached hydrogens (primary N) is 1. The Morgan fingerprint density at radius 2 is 2.06 bits per heavy atom. The van der Waals surface area contributed by atoms with Gasteiger partial charge in [0.2, 0.25) is 0 Å². The second kappa shape index (κ2) is 7.07. The van der Waals surface area contributed by atoms with Gasteiger partial charge in [0.05, 0.1) is 0 Å². The molecule has 3 heteroatoms. The van der Waals surface area contributed by atoms with Crippen LogP contribution in [0.3, 0.4) is 0 Å². The smallest absolute Gasteiger partial charge is 0.122 e. The topological polar surface area (TPSA) is 49.5 Å². The lowest BCUT2D eigenvalue weighted by Gasteiger charge is -2.22. The predicted molar refractivity (Wildman–Crippen MR) is 78.0 cm³/mol. The normalized spacial score (nSPS) is 12.2. The van der Waals surface area contributed by atoms with E-state index in [0.717, 1.165) is 37.2 Å². The molecule has 0 unspecified atom stereocenters. The number of phenolic OH excluding ortho intramolecular Hbond substituents is 1. The summed E-state index contributed by atoms with van der Waals surface area (Å²) in [6.07, 6.45) is 3.52. The maximum Gasteiger partial charge on any atom is 0.122 e. The van der Waals surface area contributed by atoms with E-state index in [9.17, 15) is 5.11 Å². The number of hydrogen-bond donors (Lipinski definition) is 2. The Morgan fingerprint density at radius 3 is 2.56 bits per heavy atom. The zero-order valence-corrected chi connectivity index (χ0v) is 11.4. The third-order valence-corrected chi connectivity index (χ3v) is 3.22. The van der Waals surface area contributed by atoms with E-state index >= 15 is 0 Å². The molecule has 0 amide bonds. The van der Waals surface area contributed by atoms with Gasteiger partial charge in [0.15, 0.2) is 0 Å². The summed E-state index contributed by atoms with van der Waals surface area (Å²) in [5.41, 5.74) is 7.90. The van der Waals surface area contributed by atoms with E-state index in [-0.39, 0.29) is 11.8 Å². The van der Waals surface area contributed by atoms with Crippen LogP contribution in [0.15, 0.2) is 30.9 Å². The Bertz CT molecular complexity index is 386. The van der Waals surface area contributed by atoms with Crippen LogP contribution in [0.1, 0.15) is 38.3 Å². The number of phenols is 1. The van der Waals surface area contributed by atoms with E-state index < -0.39 is 0 Å². The summed E-state index contributed by atoms with van der Waals surface area (Å²) in [5.74, 6) is 0.288. The van der Waals surface area contributed by atoms with Crippen molar-refractivity contribution in [1.29, 1.82) is 0 Å². The van der Waals surface area contributed by atoms with E-state index in [1.807, 2.05) is 18.2 Å². The molecule has 0 aliphatic heterocycles. The van der Waals surface area contributed by atoms with E-state index in [2.05, 4.69) is 25.3 Å². The van der Waals surface area contributed by atoms with Gasteiger partial charge < -0.3 is 15.7 Å². The fourth-order valence-electron chi connectivity index (χ4n) is 2.08. The zero-order chi connectivity index (χ0) is 13.5. The number of aromatic hydroxyl groups is 1. The summed E-state index contributed by atoms with van der Waals surface area (Å²) in [5, 5.41) is 10.1. The molecule has 0 heterocycles. The molecule has 0 radical (unpaired) electrons. The van der Waals surface area contributed by atoms with E-state index in [0.29, 0.717) is 0 Å². The maximum absolute atomic E-state index is 10.1. The van der Waals surface area contributed by atoms with Gasteiger partial charge in [-0.25, -0.2) is 0 Å². The van der Waals surface area contributed by atoms with Crippen molar-refractivity contribution in [2.45, 2.75) is 32.7 Å². The maximum atomic E-state index is 10.1. The first kappa shape index (κ1) is 14.6. The van der Waals surface area contributed by atoms with Crippen LogP contribution < -0.4 is 10.6 Å². The summed E-state index contributed by atoms with van der Waals surface area (Å²) < 4.78 is 0. The molecule has 0 saturated heterocycles. The van der Waals surface area contributed by atoms with Crippen molar-refractivity contribution in [2.24, 2.45) is 5.73 Å². The van der Waals surface area contributed by atoms with Crippen molar-refractivity contribution in [2.75, 3.05) is 18.0 Å². The monoisotopic (exact) mass is 248 g/mol. The van der Waals surface area contributed by atoms with Crippen molar-refractivity contribution < 1.29 is 5.11 Å². The number of allylic oxidation sites excluding steroid dienone is 1. The Labute approximate surface area is 110 Å². The second-order valence-corrected chi connectivity index (χ2v) is 4.39. The highest BCUT2D eigenvalue weighted by atomic mass is 16.3. The van der Waals surface area contributed by atoms with Crippen LogP contribution in [0.2, 0.25) is 0 Å². The molecule has 3 N–H and O–H groups in total. The predicted octanol–water partition coefficient (Wildman–Crippen LogP) is 3.20. The molecule has 0 saturated carbocycles. The number of rotatable bonds is 7. The first-order chi connectivity index (χ1) is 8.63. The minimum absolute atomic E-state index is 0.131. The average molecular weight is 248 g/mol. The fraction of sp³-hybridized carbons (Fsp3) is 0.467. The molecule has 18 heavy (non-hydrogen) atoms. The lowest BCUT2D eigenvalue weighted by atomic mass is 10.0. The number of anilines is 1. The molecule has 1 atom stereocenters. The summed E-state index contributed by atoms with van der Waals surface area (Å²) >= 11 is 0. The van der Waals surface area contributed by atoms with E-state index in [1.165, 1.54) is 0 Å². The van der Waals surface area contributed by atoms with Crippen molar-refractivity contribution in [3.05, 3.63) is 36.4 Å². The molecule has 0 aromatic heterocycles. The van der Waals surface area contributed by atoms with Crippen molar-refractivity contribution in [1.82, 2.24) is 0 Å². The molecule has 1 aromatic carbocycles. The second-order valence-electron chi connectivity index (χ2n) is 4.39. The average Bonchev–Trinajstić information content (AvgIpc) is 2.37. The first-order valence-corrected chi connectivity index (χ1v) is 6.58. The molecule has 0 bridgehead atoms. The first-order valence-electron chi connectivity index (χ1n) is 6.58. The molecular weight excluding hydrogens is 224 g/mol. The summed E-state index contributed by atoms with van der Waals surface area (Å²) in [6.45, 7) is 9.74.